The number of aryl methyl sites for hydroxylation is 1. The summed E-state index contributed by atoms with van der Waals surface area (Å²) in [4.78, 5) is 64.0. The zero-order chi connectivity index (χ0) is 37.6. The van der Waals surface area contributed by atoms with E-state index in [0.29, 0.717) is 41.5 Å². The minimum absolute atomic E-state index is 0.0407. The van der Waals surface area contributed by atoms with E-state index in [-0.39, 0.29) is 47.6 Å². The van der Waals surface area contributed by atoms with Crippen molar-refractivity contribution in [2.24, 2.45) is 11.8 Å². The fraction of sp³-hybridized carbons (Fsp3) is 0.425. The third-order valence-corrected chi connectivity index (χ3v) is 9.24. The highest BCUT2D eigenvalue weighted by molar-refractivity contribution is 5.99. The third-order valence-electron chi connectivity index (χ3n) is 9.24. The topological polar surface area (TPSA) is 174 Å². The summed E-state index contributed by atoms with van der Waals surface area (Å²) >= 11 is 0. The van der Waals surface area contributed by atoms with E-state index in [2.05, 4.69) is 31.5 Å². The summed E-state index contributed by atoms with van der Waals surface area (Å²) in [6, 6.07) is 17.6. The van der Waals surface area contributed by atoms with Crippen LogP contribution in [0.3, 0.4) is 0 Å². The summed E-state index contributed by atoms with van der Waals surface area (Å²) in [6.45, 7) is 11.8. The number of hydrogen-bond donors (Lipinski definition) is 6. The first-order chi connectivity index (χ1) is 24.6. The maximum Gasteiger partial charge on any atom is 0.407 e. The summed E-state index contributed by atoms with van der Waals surface area (Å²) < 4.78 is 5.34. The van der Waals surface area contributed by atoms with Gasteiger partial charge in [-0.1, -0.05) is 30.3 Å². The number of aromatic amines is 2. The third kappa shape index (κ3) is 10.1. The Balaban J connectivity index is 1.26. The Morgan fingerprint density at radius 1 is 0.885 bits per heavy atom. The molecule has 1 aliphatic rings. The van der Waals surface area contributed by atoms with Gasteiger partial charge in [0.25, 0.3) is 11.5 Å². The fourth-order valence-electron chi connectivity index (χ4n) is 6.54. The highest BCUT2D eigenvalue weighted by atomic mass is 16.6. The molecule has 12 heteroatoms. The number of alkyl carbamates (subject to hydrolysis) is 1. The zero-order valence-corrected chi connectivity index (χ0v) is 30.8. The number of carbonyl (C=O) groups excluding carboxylic acids is 4. The number of fused-ring (bicyclic) bond motifs is 1. The van der Waals surface area contributed by atoms with Gasteiger partial charge in [-0.25, -0.2) is 4.79 Å². The average Bonchev–Trinajstić information content (AvgIpc) is 3.46. The van der Waals surface area contributed by atoms with Gasteiger partial charge < -0.3 is 26.0 Å². The molecule has 1 fully saturated rings. The largest absolute Gasteiger partial charge is 0.444 e. The van der Waals surface area contributed by atoms with Crippen LogP contribution in [0.2, 0.25) is 0 Å². The number of nitrogens with one attached hydrogen (secondary N) is 6. The molecule has 1 aromatic heterocycles. The Kier molecular flexibility index (Phi) is 11.9. The molecule has 6 N–H and O–H groups in total. The molecule has 1 unspecified atom stereocenters. The predicted molar refractivity (Wildman–Crippen MR) is 202 cm³/mol. The van der Waals surface area contributed by atoms with Crippen molar-refractivity contribution >= 4 is 40.4 Å². The molecule has 4 aromatic rings. The lowest BCUT2D eigenvalue weighted by Crippen LogP contribution is -2.48. The van der Waals surface area contributed by atoms with E-state index in [4.69, 9.17) is 4.74 Å². The van der Waals surface area contributed by atoms with Crippen LogP contribution >= 0.6 is 0 Å². The number of aromatic nitrogens is 2. The SMILES string of the molecule is Cc1cc(C(=O)NC(C)C)ccc1-c1ccc(CC(NC(=O)[C@H]2CC[C@H](CNC(=O)OC(C)(C)C)CC2)C(=O)Nc2ccc3c(=O)[nH][nH]c3c2)cc1. The van der Waals surface area contributed by atoms with Crippen LogP contribution in [0, 0.1) is 18.8 Å². The summed E-state index contributed by atoms with van der Waals surface area (Å²) in [5.41, 5.74) is 4.60. The molecule has 52 heavy (non-hydrogen) atoms. The molecule has 3 aromatic carbocycles. The summed E-state index contributed by atoms with van der Waals surface area (Å²) in [7, 11) is 0. The lowest BCUT2D eigenvalue weighted by atomic mass is 9.81. The van der Waals surface area contributed by atoms with Gasteiger partial charge in [0.1, 0.15) is 11.6 Å². The molecule has 0 saturated heterocycles. The summed E-state index contributed by atoms with van der Waals surface area (Å²) in [5, 5.41) is 17.5. The summed E-state index contributed by atoms with van der Waals surface area (Å²) in [6.07, 6.45) is 2.63. The van der Waals surface area contributed by atoms with E-state index in [1.54, 1.807) is 18.2 Å². The van der Waals surface area contributed by atoms with Crippen molar-refractivity contribution in [1.29, 1.82) is 0 Å². The van der Waals surface area contributed by atoms with E-state index in [0.717, 1.165) is 35.1 Å². The molecule has 276 valence electrons. The normalized spacial score (nSPS) is 16.6. The van der Waals surface area contributed by atoms with Crippen LogP contribution in [-0.4, -0.2) is 58.2 Å². The number of ether oxygens (including phenoxy) is 1. The van der Waals surface area contributed by atoms with Crippen molar-refractivity contribution < 1.29 is 23.9 Å². The van der Waals surface area contributed by atoms with Crippen LogP contribution in [-0.2, 0) is 20.7 Å². The van der Waals surface area contributed by atoms with Gasteiger partial charge >= 0.3 is 6.09 Å². The quantitative estimate of drug-likeness (QED) is 0.112. The Bertz CT molecular complexity index is 1960. The Labute approximate surface area is 303 Å². The standard InChI is InChI=1S/C40H50N6O6/c1-23(2)42-36(48)29-15-17-31(24(3)19-29)27-11-7-25(8-12-27)20-34(38(50)43-30-16-18-32-33(21-30)45-46-37(32)49)44-35(47)28-13-9-26(10-14-28)22-41-39(51)52-40(4,5)6/h7-8,11-12,15-19,21,23,26,28,34H,9-10,13-14,20,22H2,1-6H3,(H,41,51)(H,42,48)(H,43,50)(H,44,47)(H2,45,46,49)/t26-,28-,34?. The van der Waals surface area contributed by atoms with E-state index in [9.17, 15) is 24.0 Å². The van der Waals surface area contributed by atoms with Crippen molar-refractivity contribution in [2.45, 2.75) is 91.3 Å². The van der Waals surface area contributed by atoms with Gasteiger partial charge in [0.2, 0.25) is 11.8 Å². The number of carbonyl (C=O) groups is 4. The first kappa shape index (κ1) is 37.9. The van der Waals surface area contributed by atoms with Crippen LogP contribution < -0.4 is 26.8 Å². The molecule has 5 rings (SSSR count). The second-order valence-corrected chi connectivity index (χ2v) is 15.0. The summed E-state index contributed by atoms with van der Waals surface area (Å²) in [5.74, 6) is -0.698. The first-order valence-corrected chi connectivity index (χ1v) is 17.9. The monoisotopic (exact) mass is 710 g/mol. The highest BCUT2D eigenvalue weighted by Gasteiger charge is 2.30. The lowest BCUT2D eigenvalue weighted by molar-refractivity contribution is -0.130. The van der Waals surface area contributed by atoms with Gasteiger partial charge in [0.15, 0.2) is 0 Å². The predicted octanol–water partition coefficient (Wildman–Crippen LogP) is 5.97. The molecule has 1 saturated carbocycles. The number of benzene rings is 3. The minimum Gasteiger partial charge on any atom is -0.444 e. The van der Waals surface area contributed by atoms with E-state index < -0.39 is 17.7 Å². The van der Waals surface area contributed by atoms with E-state index >= 15 is 0 Å². The van der Waals surface area contributed by atoms with Crippen molar-refractivity contribution in [3.05, 3.63) is 87.7 Å². The van der Waals surface area contributed by atoms with E-state index in [1.165, 1.54) is 0 Å². The maximum absolute atomic E-state index is 13.8. The number of H-pyrrole nitrogens is 2. The molecule has 0 radical (unpaired) electrons. The van der Waals surface area contributed by atoms with Crippen LogP contribution in [0.5, 0.6) is 0 Å². The average molecular weight is 711 g/mol. The second-order valence-electron chi connectivity index (χ2n) is 15.0. The Hall–Kier alpha value is -5.39. The van der Waals surface area contributed by atoms with Crippen LogP contribution in [0.25, 0.3) is 22.0 Å². The van der Waals surface area contributed by atoms with E-state index in [1.807, 2.05) is 84.0 Å². The van der Waals surface area contributed by atoms with Crippen LogP contribution in [0.15, 0.2) is 65.5 Å². The maximum atomic E-state index is 13.8. The van der Waals surface area contributed by atoms with Gasteiger partial charge in [-0.15, -0.1) is 0 Å². The number of amides is 4. The van der Waals surface area contributed by atoms with Crippen molar-refractivity contribution in [1.82, 2.24) is 26.1 Å². The van der Waals surface area contributed by atoms with Crippen molar-refractivity contribution in [2.75, 3.05) is 11.9 Å². The molecule has 0 spiro atoms. The molecule has 0 aliphatic heterocycles. The fourth-order valence-corrected chi connectivity index (χ4v) is 6.54. The molecular formula is C40H50N6O6. The van der Waals surface area contributed by atoms with Gasteiger partial charge in [-0.3, -0.25) is 29.4 Å². The van der Waals surface area contributed by atoms with Crippen LogP contribution in [0.1, 0.15) is 81.8 Å². The van der Waals surface area contributed by atoms with Gasteiger partial charge in [0.05, 0.1) is 10.9 Å². The molecule has 12 nitrogen and oxygen atoms in total. The lowest BCUT2D eigenvalue weighted by Gasteiger charge is -2.29. The molecule has 1 heterocycles. The molecular weight excluding hydrogens is 660 g/mol. The Morgan fingerprint density at radius 2 is 1.60 bits per heavy atom. The van der Waals surface area contributed by atoms with Gasteiger partial charge in [-0.2, -0.15) is 0 Å². The highest BCUT2D eigenvalue weighted by Crippen LogP contribution is 2.29. The van der Waals surface area contributed by atoms with Crippen molar-refractivity contribution in [3.63, 3.8) is 0 Å². The van der Waals surface area contributed by atoms with Gasteiger partial charge in [-0.05, 0) is 126 Å². The van der Waals surface area contributed by atoms with Crippen LogP contribution in [0.4, 0.5) is 10.5 Å². The minimum atomic E-state index is -0.869. The number of rotatable bonds is 11. The smallest absolute Gasteiger partial charge is 0.407 e. The van der Waals surface area contributed by atoms with Crippen molar-refractivity contribution in [3.8, 4) is 11.1 Å². The molecule has 0 bridgehead atoms. The Morgan fingerprint density at radius 3 is 2.25 bits per heavy atom. The zero-order valence-electron chi connectivity index (χ0n) is 30.8. The molecule has 1 atom stereocenters. The number of anilines is 1. The second kappa shape index (κ2) is 16.3. The molecule has 1 aliphatic carbocycles. The number of hydrogen-bond acceptors (Lipinski definition) is 6. The first-order valence-electron chi connectivity index (χ1n) is 17.9. The van der Waals surface area contributed by atoms with Gasteiger partial charge in [0, 0.05) is 36.2 Å². The molecule has 4 amide bonds.